The van der Waals surface area contributed by atoms with Crippen molar-refractivity contribution in [3.8, 4) is 0 Å². The Balaban J connectivity index is 2.96. The maximum Gasteiger partial charge on any atom is 0.346 e. The van der Waals surface area contributed by atoms with Crippen LogP contribution < -0.4 is 0 Å². The quantitative estimate of drug-likeness (QED) is 0.720. The average molecular weight is 304 g/mol. The van der Waals surface area contributed by atoms with E-state index in [1.807, 2.05) is 19.1 Å². The fourth-order valence-corrected chi connectivity index (χ4v) is 5.27. The molecule has 0 bridgehead atoms. The van der Waals surface area contributed by atoms with Crippen LogP contribution in [0.25, 0.3) is 0 Å². The molecule has 19 heavy (non-hydrogen) atoms. The van der Waals surface area contributed by atoms with Crippen LogP contribution in [0.4, 0.5) is 0 Å². The van der Waals surface area contributed by atoms with Crippen molar-refractivity contribution in [1.29, 1.82) is 0 Å². The van der Waals surface area contributed by atoms with Crippen molar-refractivity contribution in [1.82, 2.24) is 0 Å². The maximum atomic E-state index is 12.6. The zero-order valence-electron chi connectivity index (χ0n) is 11.8. The molecular formula is C13H21O4PS. The molecule has 4 nitrogen and oxygen atoms in total. The van der Waals surface area contributed by atoms with Gasteiger partial charge in [-0.25, -0.2) is 0 Å². The average Bonchev–Trinajstić information content (AvgIpc) is 2.38. The zero-order valence-corrected chi connectivity index (χ0v) is 13.5. The molecule has 6 heteroatoms. The standard InChI is InChI=1S/C13H21O4PS/c1-5-16-18(14,17-6-2)12(4)19(15)13-9-7-11(3)8-10-13/h7-10,12H,5-6H2,1-4H3/t12?,19-/m1/s1. The highest BCUT2D eigenvalue weighted by molar-refractivity contribution is 7.93. The lowest BCUT2D eigenvalue weighted by atomic mass is 10.2. The molecule has 0 heterocycles. The van der Waals surface area contributed by atoms with Gasteiger partial charge in [0.1, 0.15) is 4.99 Å². The summed E-state index contributed by atoms with van der Waals surface area (Å²) in [6.07, 6.45) is 0. The molecule has 2 atom stereocenters. The van der Waals surface area contributed by atoms with Crippen LogP contribution in [-0.2, 0) is 24.4 Å². The van der Waals surface area contributed by atoms with Gasteiger partial charge in [-0.2, -0.15) is 0 Å². The van der Waals surface area contributed by atoms with E-state index in [-0.39, 0.29) is 13.2 Å². The second-order valence-corrected chi connectivity index (χ2v) is 8.58. The van der Waals surface area contributed by atoms with Gasteiger partial charge in [-0.15, -0.1) is 0 Å². The van der Waals surface area contributed by atoms with E-state index in [0.717, 1.165) is 5.56 Å². The summed E-state index contributed by atoms with van der Waals surface area (Å²) >= 11 is 0. The molecule has 0 spiro atoms. The summed E-state index contributed by atoms with van der Waals surface area (Å²) in [6.45, 7) is 7.63. The third kappa shape index (κ3) is 4.25. The van der Waals surface area contributed by atoms with Gasteiger partial charge in [-0.3, -0.25) is 8.77 Å². The molecule has 0 aromatic heterocycles. The van der Waals surface area contributed by atoms with Gasteiger partial charge >= 0.3 is 7.60 Å². The van der Waals surface area contributed by atoms with Crippen molar-refractivity contribution in [2.24, 2.45) is 0 Å². The maximum absolute atomic E-state index is 12.6. The Labute approximate surface area is 117 Å². The topological polar surface area (TPSA) is 52.6 Å². The van der Waals surface area contributed by atoms with Gasteiger partial charge in [0.25, 0.3) is 0 Å². The van der Waals surface area contributed by atoms with Crippen LogP contribution in [0.5, 0.6) is 0 Å². The molecule has 0 saturated carbocycles. The van der Waals surface area contributed by atoms with E-state index in [2.05, 4.69) is 0 Å². The number of hydrogen-bond acceptors (Lipinski definition) is 4. The molecule has 0 aliphatic carbocycles. The summed E-state index contributed by atoms with van der Waals surface area (Å²) < 4.78 is 35.5. The summed E-state index contributed by atoms with van der Waals surface area (Å²) in [5.41, 5.74) is 1.09. The first-order chi connectivity index (χ1) is 8.94. The zero-order chi connectivity index (χ0) is 14.5. The molecule has 0 radical (unpaired) electrons. The monoisotopic (exact) mass is 304 g/mol. The molecule has 0 fully saturated rings. The predicted octanol–water partition coefficient (Wildman–Crippen LogP) is 3.71. The van der Waals surface area contributed by atoms with Crippen LogP contribution in [0.1, 0.15) is 26.3 Å². The van der Waals surface area contributed by atoms with Crippen molar-refractivity contribution in [2.75, 3.05) is 13.2 Å². The van der Waals surface area contributed by atoms with Gasteiger partial charge in [0, 0.05) is 4.90 Å². The third-order valence-corrected chi connectivity index (χ3v) is 7.46. The second-order valence-electron chi connectivity index (χ2n) is 4.09. The fraction of sp³-hybridized carbons (Fsp3) is 0.538. The Morgan fingerprint density at radius 2 is 1.63 bits per heavy atom. The minimum absolute atomic E-state index is 0.271. The predicted molar refractivity (Wildman–Crippen MR) is 77.9 cm³/mol. The van der Waals surface area contributed by atoms with Gasteiger partial charge < -0.3 is 9.05 Å². The molecule has 1 rings (SSSR count). The van der Waals surface area contributed by atoms with Crippen LogP contribution in [-0.4, -0.2) is 22.4 Å². The lowest BCUT2D eigenvalue weighted by Gasteiger charge is -2.22. The number of rotatable bonds is 7. The Bertz CT molecular complexity index is 462. The lowest BCUT2D eigenvalue weighted by Crippen LogP contribution is -2.15. The highest BCUT2D eigenvalue weighted by atomic mass is 32.2. The van der Waals surface area contributed by atoms with Crippen molar-refractivity contribution >= 4 is 18.4 Å². The molecule has 1 unspecified atom stereocenters. The van der Waals surface area contributed by atoms with Crippen molar-refractivity contribution in [3.05, 3.63) is 29.8 Å². The molecule has 0 saturated heterocycles. The van der Waals surface area contributed by atoms with E-state index in [4.69, 9.17) is 9.05 Å². The van der Waals surface area contributed by atoms with Gasteiger partial charge in [0.2, 0.25) is 0 Å². The fourth-order valence-electron chi connectivity index (χ4n) is 1.59. The molecular weight excluding hydrogens is 283 g/mol. The van der Waals surface area contributed by atoms with Gasteiger partial charge in [-0.05, 0) is 39.8 Å². The SMILES string of the molecule is CCOP(=O)(OCC)C(C)[S@@](=O)c1ccc(C)cc1. The van der Waals surface area contributed by atoms with Crippen molar-refractivity contribution in [3.63, 3.8) is 0 Å². The molecule has 1 aromatic rings. The van der Waals surface area contributed by atoms with Crippen LogP contribution in [0.2, 0.25) is 0 Å². The third-order valence-electron chi connectivity index (χ3n) is 2.63. The first-order valence-corrected chi connectivity index (χ1v) is 9.13. The van der Waals surface area contributed by atoms with E-state index < -0.39 is 23.4 Å². The Kier molecular flexibility index (Phi) is 6.40. The highest BCUT2D eigenvalue weighted by Crippen LogP contribution is 2.54. The molecule has 0 aliphatic heterocycles. The number of hydrogen-bond donors (Lipinski definition) is 0. The first kappa shape index (κ1) is 16.6. The summed E-state index contributed by atoms with van der Waals surface area (Å²) in [5, 5.41) is 0. The van der Waals surface area contributed by atoms with Gasteiger partial charge in [0.15, 0.2) is 0 Å². The van der Waals surface area contributed by atoms with Gasteiger partial charge in [-0.1, -0.05) is 17.7 Å². The van der Waals surface area contributed by atoms with Crippen molar-refractivity contribution < 1.29 is 17.8 Å². The Hall–Kier alpha value is -0.480. The van der Waals surface area contributed by atoms with Crippen LogP contribution in [0.3, 0.4) is 0 Å². The highest BCUT2D eigenvalue weighted by Gasteiger charge is 2.36. The summed E-state index contributed by atoms with van der Waals surface area (Å²) in [5.74, 6) is 0. The second kappa shape index (κ2) is 7.34. The minimum Gasteiger partial charge on any atom is -0.308 e. The van der Waals surface area contributed by atoms with Crippen LogP contribution >= 0.6 is 7.60 Å². The normalized spacial score (nSPS) is 15.2. The first-order valence-electron chi connectivity index (χ1n) is 6.30. The van der Waals surface area contributed by atoms with Crippen LogP contribution in [0, 0.1) is 6.92 Å². The van der Waals surface area contributed by atoms with E-state index >= 15 is 0 Å². The molecule has 108 valence electrons. The van der Waals surface area contributed by atoms with Crippen LogP contribution in [0.15, 0.2) is 29.2 Å². The summed E-state index contributed by atoms with van der Waals surface area (Å²) in [4.78, 5) is -0.0483. The Morgan fingerprint density at radius 3 is 2.05 bits per heavy atom. The molecule has 1 aromatic carbocycles. The minimum atomic E-state index is -3.34. The summed E-state index contributed by atoms with van der Waals surface area (Å²) in [7, 11) is -4.77. The molecule has 0 amide bonds. The molecule has 0 aliphatic rings. The number of aryl methyl sites for hydroxylation is 1. The van der Waals surface area contributed by atoms with E-state index in [1.165, 1.54) is 0 Å². The number of benzene rings is 1. The van der Waals surface area contributed by atoms with E-state index in [9.17, 15) is 8.77 Å². The van der Waals surface area contributed by atoms with E-state index in [1.54, 1.807) is 32.9 Å². The largest absolute Gasteiger partial charge is 0.346 e. The lowest BCUT2D eigenvalue weighted by molar-refractivity contribution is 0.219. The molecule has 0 N–H and O–H groups in total. The Morgan fingerprint density at radius 1 is 1.16 bits per heavy atom. The smallest absolute Gasteiger partial charge is 0.308 e. The van der Waals surface area contributed by atoms with Gasteiger partial charge in [0.05, 0.1) is 24.0 Å². The van der Waals surface area contributed by atoms with E-state index in [0.29, 0.717) is 4.90 Å². The van der Waals surface area contributed by atoms with Crippen molar-refractivity contribution in [2.45, 2.75) is 37.6 Å². The summed E-state index contributed by atoms with van der Waals surface area (Å²) in [6, 6.07) is 7.33.